The number of aliphatic imine (C=N–C) groups is 1. The second-order valence-corrected chi connectivity index (χ2v) is 11.6. The Morgan fingerprint density at radius 2 is 1.74 bits per heavy atom. The molecule has 1 amide bonds. The van der Waals surface area contributed by atoms with Gasteiger partial charge < -0.3 is 25.6 Å². The van der Waals surface area contributed by atoms with Gasteiger partial charge >= 0.3 is 0 Å². The summed E-state index contributed by atoms with van der Waals surface area (Å²) in [5, 5.41) is 3.26. The van der Waals surface area contributed by atoms with E-state index in [0.717, 1.165) is 37.3 Å². The number of morpholine rings is 1. The number of hydrogen-bond donors (Lipinski definition) is 2. The molecule has 3 N–H and O–H groups in total. The monoisotopic (exact) mass is 587 g/mol. The predicted octanol–water partition coefficient (Wildman–Crippen LogP) is 6.97. The van der Waals surface area contributed by atoms with Crippen LogP contribution in [0.1, 0.15) is 91.4 Å². The van der Waals surface area contributed by atoms with Crippen LogP contribution in [-0.2, 0) is 9.53 Å². The zero-order valence-corrected chi connectivity index (χ0v) is 25.8. The number of nitrogens with zero attached hydrogens (tertiary/aromatic N) is 3. The highest BCUT2D eigenvalue weighted by Crippen LogP contribution is 2.33. The summed E-state index contributed by atoms with van der Waals surface area (Å²) in [6, 6.07) is 3.56. The molecule has 1 saturated heterocycles. The fraction of sp³-hybridized carbons (Fsp3) is 0.636. The summed E-state index contributed by atoms with van der Waals surface area (Å²) >= 11 is 0. The number of carbonyl (C=O) groups excluding carboxylic acids is 1. The maximum Gasteiger partial charge on any atom is 0.225 e. The van der Waals surface area contributed by atoms with Gasteiger partial charge in [0.2, 0.25) is 5.91 Å². The Morgan fingerprint density at radius 3 is 2.24 bits per heavy atom. The molecule has 1 unspecified atom stereocenters. The number of anilines is 1. The molecule has 0 bridgehead atoms. The summed E-state index contributed by atoms with van der Waals surface area (Å²) in [4.78, 5) is 21.7. The van der Waals surface area contributed by atoms with E-state index >= 15 is 0 Å². The van der Waals surface area contributed by atoms with Crippen LogP contribution >= 0.6 is 0 Å². The highest BCUT2D eigenvalue weighted by atomic mass is 19.1. The molecule has 9 heteroatoms. The molecule has 1 heterocycles. The van der Waals surface area contributed by atoms with Gasteiger partial charge in [-0.1, -0.05) is 58.1 Å². The molecule has 3 aliphatic rings. The summed E-state index contributed by atoms with van der Waals surface area (Å²) < 4.78 is 33.5. The van der Waals surface area contributed by atoms with E-state index in [1.165, 1.54) is 50.7 Å². The summed E-state index contributed by atoms with van der Waals surface area (Å²) in [6.45, 7) is 12.1. The first-order valence-electron chi connectivity index (χ1n) is 15.8. The van der Waals surface area contributed by atoms with Crippen LogP contribution in [0.25, 0.3) is 0 Å². The lowest BCUT2D eigenvalue weighted by Gasteiger charge is -2.44. The third kappa shape index (κ3) is 9.82. The molecule has 234 valence electrons. The van der Waals surface area contributed by atoms with E-state index in [2.05, 4.69) is 21.8 Å². The smallest absolute Gasteiger partial charge is 0.225 e. The highest BCUT2D eigenvalue weighted by molar-refractivity contribution is 5.99. The van der Waals surface area contributed by atoms with Crippen molar-refractivity contribution in [3.63, 3.8) is 0 Å². The standard InChI is InChI=1S/C27H39F2N5O2.C6H12/c1-5-18(3)26(31-19(4)30)34(25(6-2)32-24-12-9-21(28)17-23(24)29)22-10-7-20(8-11-22)27(35)33-13-15-36-16-14-33;1-2-4-6-5-3-1/h5,9,12,17,20,22,25,32H,4,6-8,10-11,13-16,30H2,1-3H3;1-6H2/b18-5-,31-26+;. The largest absolute Gasteiger partial charge is 0.384 e. The molecule has 0 radical (unpaired) electrons. The molecule has 0 aromatic heterocycles. The minimum Gasteiger partial charge on any atom is -0.384 e. The minimum atomic E-state index is -0.655. The number of carbonyl (C=O) groups is 1. The van der Waals surface area contributed by atoms with Gasteiger partial charge in [-0.2, -0.15) is 0 Å². The molecule has 2 aliphatic carbocycles. The van der Waals surface area contributed by atoms with Gasteiger partial charge in [-0.15, -0.1) is 0 Å². The molecule has 7 nitrogen and oxygen atoms in total. The predicted molar refractivity (Wildman–Crippen MR) is 167 cm³/mol. The molecule has 2 saturated carbocycles. The number of benzene rings is 1. The fourth-order valence-corrected chi connectivity index (χ4v) is 6.05. The van der Waals surface area contributed by atoms with Crippen molar-refractivity contribution >= 4 is 17.4 Å². The fourth-order valence-electron chi connectivity index (χ4n) is 6.05. The summed E-state index contributed by atoms with van der Waals surface area (Å²) in [7, 11) is 0. The number of ether oxygens (including phenoxy) is 1. The lowest BCUT2D eigenvalue weighted by Crippen LogP contribution is -2.53. The second kappa shape index (κ2) is 17.2. The van der Waals surface area contributed by atoms with Crippen molar-refractivity contribution in [3.05, 3.63) is 53.9 Å². The molecule has 0 spiro atoms. The van der Waals surface area contributed by atoms with Crippen molar-refractivity contribution in [2.75, 3.05) is 31.6 Å². The van der Waals surface area contributed by atoms with E-state index in [4.69, 9.17) is 10.5 Å². The lowest BCUT2D eigenvalue weighted by molar-refractivity contribution is -0.141. The number of amides is 1. The Balaban J connectivity index is 0.000000715. The number of halogens is 2. The van der Waals surface area contributed by atoms with Crippen LogP contribution in [0.4, 0.5) is 14.5 Å². The van der Waals surface area contributed by atoms with Crippen LogP contribution in [0.15, 0.2) is 47.2 Å². The van der Waals surface area contributed by atoms with Gasteiger partial charge in [-0.25, -0.2) is 13.8 Å². The quantitative estimate of drug-likeness (QED) is 0.195. The Hall–Kier alpha value is -2.94. The number of hydrogen-bond acceptors (Lipinski definition) is 5. The van der Waals surface area contributed by atoms with Crippen LogP contribution in [0.5, 0.6) is 0 Å². The van der Waals surface area contributed by atoms with Crippen LogP contribution < -0.4 is 11.1 Å². The number of rotatable bonds is 8. The van der Waals surface area contributed by atoms with E-state index in [0.29, 0.717) is 38.6 Å². The molecule has 1 aromatic rings. The van der Waals surface area contributed by atoms with Crippen molar-refractivity contribution in [1.82, 2.24) is 9.80 Å². The van der Waals surface area contributed by atoms with Crippen LogP contribution in [0.2, 0.25) is 0 Å². The Kier molecular flexibility index (Phi) is 13.8. The van der Waals surface area contributed by atoms with Crippen molar-refractivity contribution < 1.29 is 18.3 Å². The first kappa shape index (κ1) is 33.6. The third-order valence-electron chi connectivity index (χ3n) is 8.52. The minimum absolute atomic E-state index is 0.0172. The van der Waals surface area contributed by atoms with Crippen LogP contribution in [0.3, 0.4) is 0 Å². The Bertz CT molecular complexity index is 1060. The average molecular weight is 588 g/mol. The molecular weight excluding hydrogens is 536 g/mol. The SMILES string of the molecule is C1CCCCC1.C=C(N)/N=C(\C(C)=C/C)N(C1CCC(C(=O)N2CCOCC2)CC1)C(CC)Nc1ccc(F)cc1F. The van der Waals surface area contributed by atoms with E-state index < -0.39 is 11.6 Å². The van der Waals surface area contributed by atoms with E-state index in [-0.39, 0.29) is 35.5 Å². The second-order valence-electron chi connectivity index (χ2n) is 11.6. The topological polar surface area (TPSA) is 83.2 Å². The van der Waals surface area contributed by atoms with Crippen molar-refractivity contribution in [2.24, 2.45) is 16.6 Å². The van der Waals surface area contributed by atoms with Crippen molar-refractivity contribution in [2.45, 2.75) is 104 Å². The van der Waals surface area contributed by atoms with Crippen LogP contribution in [0, 0.1) is 17.6 Å². The molecule has 4 rings (SSSR count). The van der Waals surface area contributed by atoms with Gasteiger partial charge in [0, 0.05) is 31.1 Å². The van der Waals surface area contributed by atoms with Gasteiger partial charge in [0.05, 0.1) is 18.9 Å². The number of nitrogens with two attached hydrogens (primary N) is 1. The van der Waals surface area contributed by atoms with Crippen molar-refractivity contribution in [1.29, 1.82) is 0 Å². The van der Waals surface area contributed by atoms with Gasteiger partial charge in [0.1, 0.15) is 29.5 Å². The maximum absolute atomic E-state index is 14.6. The van der Waals surface area contributed by atoms with E-state index in [1.807, 2.05) is 31.7 Å². The third-order valence-corrected chi connectivity index (χ3v) is 8.52. The van der Waals surface area contributed by atoms with Crippen LogP contribution in [-0.4, -0.2) is 60.1 Å². The lowest BCUT2D eigenvalue weighted by atomic mass is 9.83. The van der Waals surface area contributed by atoms with Gasteiger partial charge in [0.15, 0.2) is 0 Å². The highest BCUT2D eigenvalue weighted by Gasteiger charge is 2.36. The summed E-state index contributed by atoms with van der Waals surface area (Å²) in [6.07, 6.45) is 14.3. The summed E-state index contributed by atoms with van der Waals surface area (Å²) in [5.74, 6) is -0.257. The number of amidine groups is 1. The molecule has 1 aromatic carbocycles. The summed E-state index contributed by atoms with van der Waals surface area (Å²) in [5.41, 5.74) is 7.04. The molecule has 42 heavy (non-hydrogen) atoms. The normalized spacial score (nSPS) is 22.5. The first-order chi connectivity index (χ1) is 20.2. The van der Waals surface area contributed by atoms with Crippen molar-refractivity contribution in [3.8, 4) is 0 Å². The molecular formula is C33H51F2N5O2. The molecule has 1 aliphatic heterocycles. The van der Waals surface area contributed by atoms with Gasteiger partial charge in [0.25, 0.3) is 0 Å². The average Bonchev–Trinajstić information content (AvgIpc) is 3.02. The van der Waals surface area contributed by atoms with E-state index in [1.54, 1.807) is 0 Å². The molecule has 3 fully saturated rings. The maximum atomic E-state index is 14.6. The zero-order valence-electron chi connectivity index (χ0n) is 25.8. The van der Waals surface area contributed by atoms with Gasteiger partial charge in [-0.3, -0.25) is 4.79 Å². The van der Waals surface area contributed by atoms with Gasteiger partial charge in [-0.05, 0) is 63.7 Å². The Labute approximate surface area is 251 Å². The van der Waals surface area contributed by atoms with E-state index in [9.17, 15) is 13.6 Å². The zero-order chi connectivity index (χ0) is 30.5. The number of allylic oxidation sites excluding steroid dienone is 1. The number of nitrogens with one attached hydrogen (secondary N) is 1. The molecule has 1 atom stereocenters. The Morgan fingerprint density at radius 1 is 1.14 bits per heavy atom. The first-order valence-corrected chi connectivity index (χ1v) is 15.8.